The Labute approximate surface area is 186 Å². The van der Waals surface area contributed by atoms with Crippen LogP contribution < -0.4 is 4.90 Å². The van der Waals surface area contributed by atoms with Crippen LogP contribution in [0.4, 0.5) is 17.1 Å². The predicted molar refractivity (Wildman–Crippen MR) is 116 cm³/mol. The molecule has 3 aromatic rings. The minimum Gasteiger partial charge on any atom is -0.268 e. The Hall–Kier alpha value is -4.23. The molecule has 0 N–H and O–H groups in total. The summed E-state index contributed by atoms with van der Waals surface area (Å²) in [5.41, 5.74) is -1.39. The number of carbonyl (C=O) groups is 2. The van der Waals surface area contributed by atoms with Gasteiger partial charge in [0.25, 0.3) is 23.2 Å². The van der Waals surface area contributed by atoms with E-state index in [0.717, 1.165) is 33.5 Å². The molecule has 12 nitrogen and oxygen atoms in total. The molecular weight excluding hydrogens is 456 g/mol. The summed E-state index contributed by atoms with van der Waals surface area (Å²) in [5.74, 6) is -1.70. The third-order valence-corrected chi connectivity index (χ3v) is 7.08. The molecule has 0 spiro atoms. The predicted octanol–water partition coefficient (Wildman–Crippen LogP) is 2.71. The first-order chi connectivity index (χ1) is 15.5. The van der Waals surface area contributed by atoms with Gasteiger partial charge in [-0.1, -0.05) is 0 Å². The largest absolute Gasteiger partial charge is 0.284 e. The molecule has 0 aromatic heterocycles. The monoisotopic (exact) mass is 470 g/mol. The second kappa shape index (κ2) is 7.43. The Bertz CT molecular complexity index is 1430. The Morgan fingerprint density at radius 3 is 1.61 bits per heavy atom. The van der Waals surface area contributed by atoms with Crippen LogP contribution in [0.15, 0.2) is 53.4 Å². The lowest BCUT2D eigenvalue weighted by Crippen LogP contribution is -2.40. The highest BCUT2D eigenvalue weighted by Gasteiger charge is 2.38. The normalized spacial score (nSPS) is 13.6. The van der Waals surface area contributed by atoms with Crippen molar-refractivity contribution in [1.29, 1.82) is 0 Å². The average Bonchev–Trinajstić information content (AvgIpc) is 2.76. The summed E-state index contributed by atoms with van der Waals surface area (Å²) >= 11 is 0. The number of amides is 2. The van der Waals surface area contributed by atoms with Crippen molar-refractivity contribution in [2.45, 2.75) is 4.90 Å². The number of anilines is 1. The van der Waals surface area contributed by atoms with Crippen molar-refractivity contribution in [2.75, 3.05) is 19.0 Å². The van der Waals surface area contributed by atoms with Crippen molar-refractivity contribution in [3.63, 3.8) is 0 Å². The van der Waals surface area contributed by atoms with Crippen LogP contribution in [0.25, 0.3) is 10.8 Å². The summed E-state index contributed by atoms with van der Waals surface area (Å²) in [7, 11) is -1.03. The van der Waals surface area contributed by atoms with Crippen molar-refractivity contribution >= 4 is 49.7 Å². The standard InChI is InChI=1S/C20H14N4O8S/c1-21(2)33(31,32)12-5-3-11(4-6-12)22-19(25)13-7-9-15(23(27)28)18-16(24(29)30)10-8-14(17(13)18)20(22)26/h3-10H,1-2H3. The van der Waals surface area contributed by atoms with Gasteiger partial charge in [-0.25, -0.2) is 17.6 Å². The van der Waals surface area contributed by atoms with E-state index in [0.29, 0.717) is 0 Å². The van der Waals surface area contributed by atoms with E-state index in [1.807, 2.05) is 0 Å². The molecule has 0 radical (unpaired) electrons. The summed E-state index contributed by atoms with van der Waals surface area (Å²) in [6.45, 7) is 0. The highest BCUT2D eigenvalue weighted by Crippen LogP contribution is 2.41. The smallest absolute Gasteiger partial charge is 0.268 e. The molecule has 1 aliphatic heterocycles. The average molecular weight is 470 g/mol. The van der Waals surface area contributed by atoms with Crippen LogP contribution >= 0.6 is 0 Å². The quantitative estimate of drug-likeness (QED) is 0.312. The fourth-order valence-corrected chi connectivity index (χ4v) is 4.57. The third-order valence-electron chi connectivity index (χ3n) is 5.25. The fourth-order valence-electron chi connectivity index (χ4n) is 3.67. The molecule has 1 aliphatic rings. The Kier molecular flexibility index (Phi) is 4.95. The number of benzene rings is 3. The van der Waals surface area contributed by atoms with Gasteiger partial charge in [-0.2, -0.15) is 0 Å². The van der Waals surface area contributed by atoms with Crippen LogP contribution in [-0.2, 0) is 10.0 Å². The van der Waals surface area contributed by atoms with Crippen molar-refractivity contribution < 1.29 is 27.9 Å². The molecule has 2 amide bonds. The lowest BCUT2D eigenvalue weighted by molar-refractivity contribution is -0.390. The first-order valence-corrected chi connectivity index (χ1v) is 10.7. The summed E-state index contributed by atoms with van der Waals surface area (Å²) < 4.78 is 25.6. The van der Waals surface area contributed by atoms with Gasteiger partial charge in [-0.15, -0.1) is 0 Å². The third kappa shape index (κ3) is 3.21. The molecule has 0 aliphatic carbocycles. The van der Waals surface area contributed by atoms with E-state index in [1.54, 1.807) is 0 Å². The number of carbonyl (C=O) groups excluding carboxylic acids is 2. The second-order valence-electron chi connectivity index (χ2n) is 7.26. The van der Waals surface area contributed by atoms with E-state index in [9.17, 15) is 38.2 Å². The van der Waals surface area contributed by atoms with E-state index in [4.69, 9.17) is 0 Å². The van der Waals surface area contributed by atoms with E-state index in [2.05, 4.69) is 0 Å². The van der Waals surface area contributed by atoms with Gasteiger partial charge in [0.15, 0.2) is 0 Å². The van der Waals surface area contributed by atoms with Gasteiger partial charge < -0.3 is 0 Å². The van der Waals surface area contributed by atoms with Gasteiger partial charge in [0.1, 0.15) is 5.39 Å². The van der Waals surface area contributed by atoms with Gasteiger partial charge >= 0.3 is 0 Å². The fraction of sp³-hybridized carbons (Fsp3) is 0.100. The Morgan fingerprint density at radius 1 is 0.758 bits per heavy atom. The number of nitro groups is 2. The Morgan fingerprint density at radius 2 is 1.21 bits per heavy atom. The zero-order chi connectivity index (χ0) is 24.2. The molecule has 13 heteroatoms. The van der Waals surface area contributed by atoms with Gasteiger partial charge in [0, 0.05) is 42.7 Å². The van der Waals surface area contributed by atoms with Gasteiger partial charge in [-0.05, 0) is 36.4 Å². The van der Waals surface area contributed by atoms with E-state index in [1.165, 1.54) is 38.4 Å². The number of hydrogen-bond acceptors (Lipinski definition) is 8. The van der Waals surface area contributed by atoms with Crippen molar-refractivity contribution in [2.24, 2.45) is 0 Å². The van der Waals surface area contributed by atoms with Gasteiger partial charge in [-0.3, -0.25) is 29.8 Å². The number of imide groups is 1. The van der Waals surface area contributed by atoms with Gasteiger partial charge in [0.2, 0.25) is 10.0 Å². The minimum atomic E-state index is -3.74. The zero-order valence-electron chi connectivity index (χ0n) is 17.1. The number of nitro benzene ring substituents is 2. The molecule has 4 rings (SSSR count). The summed E-state index contributed by atoms with van der Waals surface area (Å²) in [5, 5.41) is 22.4. The maximum atomic E-state index is 13.2. The van der Waals surface area contributed by atoms with Crippen LogP contribution in [0.3, 0.4) is 0 Å². The van der Waals surface area contributed by atoms with Gasteiger partial charge in [0.05, 0.1) is 20.4 Å². The zero-order valence-corrected chi connectivity index (χ0v) is 17.9. The number of nitrogens with zero attached hydrogens (tertiary/aromatic N) is 4. The molecule has 3 aromatic carbocycles. The number of rotatable bonds is 5. The molecule has 0 bridgehead atoms. The topological polar surface area (TPSA) is 161 Å². The van der Waals surface area contributed by atoms with Crippen LogP contribution in [0, 0.1) is 20.2 Å². The van der Waals surface area contributed by atoms with E-state index < -0.39 is 48.4 Å². The lowest BCUT2D eigenvalue weighted by Gasteiger charge is -2.27. The summed E-state index contributed by atoms with van der Waals surface area (Å²) in [6, 6.07) is 9.28. The maximum Gasteiger partial charge on any atom is 0.284 e. The summed E-state index contributed by atoms with van der Waals surface area (Å²) in [6.07, 6.45) is 0. The molecule has 33 heavy (non-hydrogen) atoms. The van der Waals surface area contributed by atoms with Crippen LogP contribution in [-0.4, -0.2) is 48.5 Å². The Balaban J connectivity index is 1.92. The van der Waals surface area contributed by atoms with Crippen molar-refractivity contribution in [1.82, 2.24) is 4.31 Å². The SMILES string of the molecule is CN(C)S(=O)(=O)c1ccc(N2C(=O)c3ccc([N+](=O)[O-])c4c([N+](=O)[O-])ccc(c34)C2=O)cc1. The highest BCUT2D eigenvalue weighted by atomic mass is 32.2. The molecule has 0 unspecified atom stereocenters. The first kappa shape index (κ1) is 22.0. The van der Waals surface area contributed by atoms with Crippen LogP contribution in [0.1, 0.15) is 20.7 Å². The van der Waals surface area contributed by atoms with E-state index in [-0.39, 0.29) is 27.1 Å². The molecule has 0 saturated heterocycles. The number of sulfonamides is 1. The maximum absolute atomic E-state index is 13.2. The van der Waals surface area contributed by atoms with Crippen molar-refractivity contribution in [3.05, 3.63) is 79.9 Å². The molecular formula is C20H14N4O8S. The molecule has 168 valence electrons. The molecule has 0 saturated carbocycles. The lowest BCUT2D eigenvalue weighted by atomic mass is 9.91. The molecule has 0 atom stereocenters. The summed E-state index contributed by atoms with van der Waals surface area (Å²) in [4.78, 5) is 48.5. The second-order valence-corrected chi connectivity index (χ2v) is 9.41. The molecule has 1 heterocycles. The van der Waals surface area contributed by atoms with Crippen LogP contribution in [0.2, 0.25) is 0 Å². The van der Waals surface area contributed by atoms with Crippen LogP contribution in [0.5, 0.6) is 0 Å². The molecule has 0 fully saturated rings. The minimum absolute atomic E-state index is 0.0538. The van der Waals surface area contributed by atoms with E-state index >= 15 is 0 Å². The number of non-ortho nitro benzene ring substituents is 2. The number of hydrogen-bond donors (Lipinski definition) is 0. The first-order valence-electron chi connectivity index (χ1n) is 9.26. The highest BCUT2D eigenvalue weighted by molar-refractivity contribution is 7.89. The van der Waals surface area contributed by atoms with Crippen molar-refractivity contribution in [3.8, 4) is 0 Å².